The molecule has 1 unspecified atom stereocenters. The fraction of sp³-hybridized carbons (Fsp3) is 0.192. The van der Waals surface area contributed by atoms with Crippen molar-refractivity contribution in [2.45, 2.75) is 13.3 Å². The molecule has 1 aliphatic rings. The maximum absolute atomic E-state index is 13.1. The molecule has 1 fully saturated rings. The summed E-state index contributed by atoms with van der Waals surface area (Å²) in [4.78, 5) is 32.0. The highest BCUT2D eigenvalue weighted by Gasteiger charge is 2.35. The molecule has 33 heavy (non-hydrogen) atoms. The molecular weight excluding hydrogens is 416 g/mol. The van der Waals surface area contributed by atoms with Gasteiger partial charge in [-0.05, 0) is 48.9 Å². The number of fused-ring (bicyclic) bond motifs is 1. The molecule has 0 bridgehead atoms. The number of carbonyl (C=O) groups is 2. The standard InChI is InChI=1S/C26H24N4O3/c1-17-7-6-12-29-16-22(27-25(17)29)18-10-11-23(33-2)21(13-18)28-26(32)19-14-24(31)30(15-19)20-8-4-3-5-9-20/h3-13,16,19H,14-15H2,1-2H3,(H,28,32). The summed E-state index contributed by atoms with van der Waals surface area (Å²) >= 11 is 0. The summed E-state index contributed by atoms with van der Waals surface area (Å²) in [7, 11) is 1.56. The number of imidazole rings is 1. The minimum atomic E-state index is -0.441. The third kappa shape index (κ3) is 3.93. The lowest BCUT2D eigenvalue weighted by atomic mass is 10.1. The first-order valence-electron chi connectivity index (χ1n) is 10.8. The van der Waals surface area contributed by atoms with E-state index in [1.54, 1.807) is 12.0 Å². The van der Waals surface area contributed by atoms with E-state index in [4.69, 9.17) is 9.72 Å². The first kappa shape index (κ1) is 20.8. The third-order valence-corrected chi connectivity index (χ3v) is 5.99. The molecule has 166 valence electrons. The van der Waals surface area contributed by atoms with Gasteiger partial charge in [-0.25, -0.2) is 4.98 Å². The molecule has 1 aliphatic heterocycles. The van der Waals surface area contributed by atoms with E-state index in [-0.39, 0.29) is 18.2 Å². The van der Waals surface area contributed by atoms with Gasteiger partial charge < -0.3 is 19.4 Å². The van der Waals surface area contributed by atoms with Gasteiger partial charge in [0.2, 0.25) is 11.8 Å². The Morgan fingerprint density at radius 2 is 1.94 bits per heavy atom. The predicted octanol–water partition coefficient (Wildman–Crippen LogP) is 4.31. The van der Waals surface area contributed by atoms with Crippen molar-refractivity contribution in [2.75, 3.05) is 23.9 Å². The Morgan fingerprint density at radius 3 is 2.70 bits per heavy atom. The van der Waals surface area contributed by atoms with Crippen molar-refractivity contribution in [2.24, 2.45) is 5.92 Å². The zero-order valence-electron chi connectivity index (χ0n) is 18.5. The number of benzene rings is 2. The highest BCUT2D eigenvalue weighted by atomic mass is 16.5. The molecule has 0 spiro atoms. The fourth-order valence-electron chi connectivity index (χ4n) is 4.23. The Morgan fingerprint density at radius 1 is 1.12 bits per heavy atom. The second-order valence-electron chi connectivity index (χ2n) is 8.19. The van der Waals surface area contributed by atoms with Crippen LogP contribution in [0.25, 0.3) is 16.9 Å². The molecule has 0 aliphatic carbocycles. The van der Waals surface area contributed by atoms with Gasteiger partial charge in [-0.3, -0.25) is 9.59 Å². The van der Waals surface area contributed by atoms with Crippen LogP contribution in [-0.4, -0.2) is 34.9 Å². The van der Waals surface area contributed by atoms with Crippen LogP contribution in [0.5, 0.6) is 5.75 Å². The highest BCUT2D eigenvalue weighted by molar-refractivity contribution is 6.04. The van der Waals surface area contributed by atoms with Crippen molar-refractivity contribution in [3.05, 3.63) is 78.6 Å². The van der Waals surface area contributed by atoms with E-state index in [2.05, 4.69) is 5.32 Å². The Balaban J connectivity index is 1.39. The van der Waals surface area contributed by atoms with Gasteiger partial charge in [-0.15, -0.1) is 0 Å². The van der Waals surface area contributed by atoms with Gasteiger partial charge in [-0.2, -0.15) is 0 Å². The average molecular weight is 441 g/mol. The number of anilines is 2. The van der Waals surface area contributed by atoms with Gasteiger partial charge in [0.05, 0.1) is 24.4 Å². The Kier molecular flexibility index (Phi) is 5.30. The number of methoxy groups -OCH3 is 1. The molecule has 2 aromatic carbocycles. The smallest absolute Gasteiger partial charge is 0.229 e. The molecule has 2 aromatic heterocycles. The normalized spacial score (nSPS) is 15.8. The van der Waals surface area contributed by atoms with Crippen LogP contribution in [-0.2, 0) is 9.59 Å². The number of aromatic nitrogens is 2. The van der Waals surface area contributed by atoms with E-state index in [1.807, 2.05) is 84.4 Å². The zero-order valence-corrected chi connectivity index (χ0v) is 18.5. The summed E-state index contributed by atoms with van der Waals surface area (Å²) in [6.45, 7) is 2.37. The lowest BCUT2D eigenvalue weighted by molar-refractivity contribution is -0.122. The van der Waals surface area contributed by atoms with Crippen LogP contribution < -0.4 is 15.0 Å². The largest absolute Gasteiger partial charge is 0.495 e. The Labute approximate surface area is 191 Å². The van der Waals surface area contributed by atoms with E-state index in [1.165, 1.54) is 0 Å². The Bertz CT molecular complexity index is 1350. The molecule has 2 amide bonds. The number of rotatable bonds is 5. The summed E-state index contributed by atoms with van der Waals surface area (Å²) in [6.07, 6.45) is 4.10. The number of pyridine rings is 1. The second-order valence-corrected chi connectivity index (χ2v) is 8.19. The SMILES string of the molecule is COc1ccc(-c2cn3cccc(C)c3n2)cc1NC(=O)C1CC(=O)N(c2ccccc2)C1. The van der Waals surface area contributed by atoms with Crippen LogP contribution in [0.15, 0.2) is 73.1 Å². The van der Waals surface area contributed by atoms with Crippen molar-refractivity contribution < 1.29 is 14.3 Å². The number of ether oxygens (including phenoxy) is 1. The topological polar surface area (TPSA) is 75.9 Å². The molecule has 7 heteroatoms. The molecule has 3 heterocycles. The third-order valence-electron chi connectivity index (χ3n) is 5.99. The van der Waals surface area contributed by atoms with Crippen molar-refractivity contribution in [1.29, 1.82) is 0 Å². The predicted molar refractivity (Wildman–Crippen MR) is 127 cm³/mol. The number of carbonyl (C=O) groups excluding carboxylic acids is 2. The van der Waals surface area contributed by atoms with Gasteiger partial charge in [0.1, 0.15) is 11.4 Å². The molecule has 1 atom stereocenters. The van der Waals surface area contributed by atoms with Gasteiger partial charge in [0, 0.05) is 36.6 Å². The van der Waals surface area contributed by atoms with Crippen LogP contribution in [0, 0.1) is 12.8 Å². The number of nitrogens with zero attached hydrogens (tertiary/aromatic N) is 3. The average Bonchev–Trinajstić information content (AvgIpc) is 3.44. The number of nitrogens with one attached hydrogen (secondary N) is 1. The molecule has 1 N–H and O–H groups in total. The lowest BCUT2D eigenvalue weighted by Gasteiger charge is -2.17. The van der Waals surface area contributed by atoms with E-state index in [9.17, 15) is 9.59 Å². The van der Waals surface area contributed by atoms with Crippen molar-refractivity contribution in [3.8, 4) is 17.0 Å². The summed E-state index contributed by atoms with van der Waals surface area (Å²) in [5.74, 6) is -0.148. The zero-order chi connectivity index (χ0) is 22.9. The quantitative estimate of drug-likeness (QED) is 0.502. The minimum Gasteiger partial charge on any atom is -0.495 e. The first-order chi connectivity index (χ1) is 16.0. The molecule has 0 saturated carbocycles. The number of aryl methyl sites for hydroxylation is 1. The summed E-state index contributed by atoms with van der Waals surface area (Å²) in [5, 5.41) is 2.97. The van der Waals surface area contributed by atoms with E-state index in [0.717, 1.165) is 28.2 Å². The van der Waals surface area contributed by atoms with Gasteiger partial charge in [0.25, 0.3) is 0 Å². The highest BCUT2D eigenvalue weighted by Crippen LogP contribution is 2.32. The van der Waals surface area contributed by atoms with Crippen LogP contribution in [0.1, 0.15) is 12.0 Å². The van der Waals surface area contributed by atoms with Crippen molar-refractivity contribution >= 4 is 28.8 Å². The van der Waals surface area contributed by atoms with Crippen LogP contribution >= 0.6 is 0 Å². The van der Waals surface area contributed by atoms with E-state index >= 15 is 0 Å². The summed E-state index contributed by atoms with van der Waals surface area (Å²) in [5.41, 5.74) is 4.99. The number of para-hydroxylation sites is 1. The second kappa shape index (κ2) is 8.43. The van der Waals surface area contributed by atoms with Crippen molar-refractivity contribution in [3.63, 3.8) is 0 Å². The van der Waals surface area contributed by atoms with Crippen LogP contribution in [0.3, 0.4) is 0 Å². The van der Waals surface area contributed by atoms with Crippen LogP contribution in [0.4, 0.5) is 11.4 Å². The lowest BCUT2D eigenvalue weighted by Crippen LogP contribution is -2.28. The van der Waals surface area contributed by atoms with E-state index < -0.39 is 5.92 Å². The minimum absolute atomic E-state index is 0.0536. The number of amides is 2. The van der Waals surface area contributed by atoms with E-state index in [0.29, 0.717) is 18.0 Å². The van der Waals surface area contributed by atoms with Crippen LogP contribution in [0.2, 0.25) is 0 Å². The first-order valence-corrected chi connectivity index (χ1v) is 10.8. The monoisotopic (exact) mass is 440 g/mol. The van der Waals surface area contributed by atoms with Gasteiger partial charge in [0.15, 0.2) is 0 Å². The Hall–Kier alpha value is -4.13. The summed E-state index contributed by atoms with van der Waals surface area (Å²) in [6, 6.07) is 19.0. The fourth-order valence-corrected chi connectivity index (χ4v) is 4.23. The maximum Gasteiger partial charge on any atom is 0.229 e. The van der Waals surface area contributed by atoms with Gasteiger partial charge >= 0.3 is 0 Å². The molecule has 0 radical (unpaired) electrons. The number of hydrogen-bond donors (Lipinski definition) is 1. The molecule has 5 rings (SSSR count). The van der Waals surface area contributed by atoms with Gasteiger partial charge in [-0.1, -0.05) is 24.3 Å². The number of hydrogen-bond acceptors (Lipinski definition) is 4. The maximum atomic E-state index is 13.1. The molecular formula is C26H24N4O3. The molecule has 7 nitrogen and oxygen atoms in total. The summed E-state index contributed by atoms with van der Waals surface area (Å²) < 4.78 is 7.45. The van der Waals surface area contributed by atoms with Crippen molar-refractivity contribution in [1.82, 2.24) is 9.38 Å². The molecule has 1 saturated heterocycles. The molecule has 4 aromatic rings.